The van der Waals surface area contributed by atoms with Crippen molar-refractivity contribution in [2.24, 2.45) is 0 Å². The van der Waals surface area contributed by atoms with E-state index in [9.17, 15) is 9.59 Å². The van der Waals surface area contributed by atoms with Crippen LogP contribution in [0, 0.1) is 12.3 Å². The zero-order valence-electron chi connectivity index (χ0n) is 6.13. The molecule has 0 saturated carbocycles. The van der Waals surface area contributed by atoms with Gasteiger partial charge in [0.25, 0.3) is 11.8 Å². The SMILES string of the molecule is C#CCN1C(=O)C=C(C)C1=O. The van der Waals surface area contributed by atoms with Gasteiger partial charge < -0.3 is 0 Å². The van der Waals surface area contributed by atoms with Crippen molar-refractivity contribution < 1.29 is 9.59 Å². The summed E-state index contributed by atoms with van der Waals surface area (Å²) in [6.07, 6.45) is 6.25. The summed E-state index contributed by atoms with van der Waals surface area (Å²) < 4.78 is 0. The van der Waals surface area contributed by atoms with Gasteiger partial charge in [0.1, 0.15) is 0 Å². The Hall–Kier alpha value is -1.56. The molecule has 1 rings (SSSR count). The van der Waals surface area contributed by atoms with Crippen molar-refractivity contribution in [3.63, 3.8) is 0 Å². The van der Waals surface area contributed by atoms with Crippen LogP contribution in [0.2, 0.25) is 0 Å². The molecule has 0 radical (unpaired) electrons. The molecule has 1 aliphatic heterocycles. The van der Waals surface area contributed by atoms with Crippen molar-refractivity contribution in [2.45, 2.75) is 6.92 Å². The fourth-order valence-electron chi connectivity index (χ4n) is 0.879. The lowest BCUT2D eigenvalue weighted by molar-refractivity contribution is -0.136. The molecule has 0 saturated heterocycles. The normalized spacial score (nSPS) is 16.7. The number of terminal acetylenes is 1. The average molecular weight is 149 g/mol. The first kappa shape index (κ1) is 7.55. The maximum Gasteiger partial charge on any atom is 0.257 e. The van der Waals surface area contributed by atoms with Crippen molar-refractivity contribution >= 4 is 11.8 Å². The van der Waals surface area contributed by atoms with E-state index in [0.717, 1.165) is 4.90 Å². The zero-order valence-corrected chi connectivity index (χ0v) is 6.13. The summed E-state index contributed by atoms with van der Waals surface area (Å²) in [5, 5.41) is 0. The largest absolute Gasteiger partial charge is 0.269 e. The second-order valence-corrected chi connectivity index (χ2v) is 2.26. The van der Waals surface area contributed by atoms with Crippen LogP contribution in [0.4, 0.5) is 0 Å². The number of imide groups is 1. The lowest BCUT2D eigenvalue weighted by Crippen LogP contribution is -2.30. The Morgan fingerprint density at radius 2 is 2.27 bits per heavy atom. The highest BCUT2D eigenvalue weighted by atomic mass is 16.2. The Bertz CT molecular complexity index is 283. The Morgan fingerprint density at radius 1 is 1.64 bits per heavy atom. The van der Waals surface area contributed by atoms with Gasteiger partial charge in [-0.25, -0.2) is 0 Å². The van der Waals surface area contributed by atoms with E-state index in [0.29, 0.717) is 5.57 Å². The summed E-state index contributed by atoms with van der Waals surface area (Å²) in [5.74, 6) is 1.64. The maximum atomic E-state index is 11.0. The van der Waals surface area contributed by atoms with Crippen LogP contribution < -0.4 is 0 Å². The molecule has 56 valence electrons. The molecule has 0 fully saturated rings. The number of amides is 2. The maximum absolute atomic E-state index is 11.0. The minimum atomic E-state index is -0.314. The molecule has 0 atom stereocenters. The van der Waals surface area contributed by atoms with Gasteiger partial charge in [0.15, 0.2) is 0 Å². The molecule has 0 aromatic heterocycles. The summed E-state index contributed by atoms with van der Waals surface area (Å²) in [5.41, 5.74) is 0.449. The van der Waals surface area contributed by atoms with E-state index >= 15 is 0 Å². The molecule has 0 aromatic carbocycles. The quantitative estimate of drug-likeness (QED) is 0.386. The smallest absolute Gasteiger partial charge is 0.257 e. The molecule has 2 amide bonds. The van der Waals surface area contributed by atoms with Crippen LogP contribution in [0.1, 0.15) is 6.92 Å². The second kappa shape index (κ2) is 2.59. The summed E-state index contributed by atoms with van der Waals surface area (Å²) in [7, 11) is 0. The standard InChI is InChI=1S/C8H7NO2/c1-3-4-9-7(10)5-6(2)8(9)11/h1,5H,4H2,2H3. The fourth-order valence-corrected chi connectivity index (χ4v) is 0.879. The second-order valence-electron chi connectivity index (χ2n) is 2.26. The molecule has 11 heavy (non-hydrogen) atoms. The molecule has 0 N–H and O–H groups in total. The van der Waals surface area contributed by atoms with E-state index in [1.165, 1.54) is 6.08 Å². The summed E-state index contributed by atoms with van der Waals surface area (Å²) >= 11 is 0. The number of hydrogen-bond donors (Lipinski definition) is 0. The van der Waals surface area contributed by atoms with E-state index in [2.05, 4.69) is 5.92 Å². The Labute approximate surface area is 64.7 Å². The van der Waals surface area contributed by atoms with Gasteiger partial charge in [-0.1, -0.05) is 5.92 Å². The first-order valence-electron chi connectivity index (χ1n) is 3.14. The molecule has 0 aliphatic carbocycles. The average Bonchev–Trinajstić information content (AvgIpc) is 2.17. The molecule has 3 nitrogen and oxygen atoms in total. The highest BCUT2D eigenvalue weighted by Crippen LogP contribution is 2.10. The molecule has 0 spiro atoms. The Balaban J connectivity index is 2.83. The molecule has 0 unspecified atom stereocenters. The van der Waals surface area contributed by atoms with Crippen molar-refractivity contribution in [1.82, 2.24) is 4.90 Å². The van der Waals surface area contributed by atoms with E-state index in [-0.39, 0.29) is 18.4 Å². The fraction of sp³-hybridized carbons (Fsp3) is 0.250. The first-order chi connectivity index (χ1) is 5.16. The Kier molecular flexibility index (Phi) is 1.77. The number of carbonyl (C=O) groups is 2. The highest BCUT2D eigenvalue weighted by molar-refractivity contribution is 6.16. The summed E-state index contributed by atoms with van der Waals surface area (Å²) in [6.45, 7) is 1.66. The first-order valence-corrected chi connectivity index (χ1v) is 3.14. The lowest BCUT2D eigenvalue weighted by atomic mass is 10.3. The Morgan fingerprint density at radius 3 is 2.64 bits per heavy atom. The highest BCUT2D eigenvalue weighted by Gasteiger charge is 2.26. The molecule has 1 aliphatic rings. The summed E-state index contributed by atoms with van der Waals surface area (Å²) in [4.78, 5) is 23.0. The van der Waals surface area contributed by atoms with Crippen molar-refractivity contribution in [3.8, 4) is 12.3 Å². The van der Waals surface area contributed by atoms with Crippen LogP contribution in [-0.2, 0) is 9.59 Å². The number of hydrogen-bond acceptors (Lipinski definition) is 2. The van der Waals surface area contributed by atoms with Crippen molar-refractivity contribution in [3.05, 3.63) is 11.6 Å². The minimum absolute atomic E-state index is 0.0610. The number of carbonyl (C=O) groups excluding carboxylic acids is 2. The van der Waals surface area contributed by atoms with E-state index in [1.54, 1.807) is 6.92 Å². The van der Waals surface area contributed by atoms with Gasteiger partial charge in [0, 0.05) is 11.6 Å². The van der Waals surface area contributed by atoms with E-state index in [4.69, 9.17) is 6.42 Å². The minimum Gasteiger partial charge on any atom is -0.269 e. The van der Waals surface area contributed by atoms with Crippen LogP contribution in [-0.4, -0.2) is 23.3 Å². The van der Waals surface area contributed by atoms with Crippen LogP contribution in [0.5, 0.6) is 0 Å². The van der Waals surface area contributed by atoms with Crippen molar-refractivity contribution in [2.75, 3.05) is 6.54 Å². The van der Waals surface area contributed by atoms with E-state index < -0.39 is 0 Å². The third-order valence-electron chi connectivity index (χ3n) is 1.44. The topological polar surface area (TPSA) is 37.4 Å². The van der Waals surface area contributed by atoms with Crippen LogP contribution in [0.3, 0.4) is 0 Å². The van der Waals surface area contributed by atoms with Crippen LogP contribution in [0.15, 0.2) is 11.6 Å². The van der Waals surface area contributed by atoms with Gasteiger partial charge in [-0.15, -0.1) is 6.42 Å². The predicted molar refractivity (Wildman–Crippen MR) is 39.3 cm³/mol. The molecule has 3 heteroatoms. The number of nitrogens with zero attached hydrogens (tertiary/aromatic N) is 1. The number of rotatable bonds is 1. The third kappa shape index (κ3) is 1.15. The molecular weight excluding hydrogens is 142 g/mol. The van der Waals surface area contributed by atoms with Gasteiger partial charge in [0.05, 0.1) is 6.54 Å². The third-order valence-corrected chi connectivity index (χ3v) is 1.44. The molecule has 1 heterocycles. The molecular formula is C8H7NO2. The van der Waals surface area contributed by atoms with Gasteiger partial charge in [-0.3, -0.25) is 14.5 Å². The van der Waals surface area contributed by atoms with Gasteiger partial charge in [0.2, 0.25) is 0 Å². The van der Waals surface area contributed by atoms with E-state index in [1.807, 2.05) is 0 Å². The van der Waals surface area contributed by atoms with Gasteiger partial charge in [-0.2, -0.15) is 0 Å². The van der Waals surface area contributed by atoms with Crippen LogP contribution >= 0.6 is 0 Å². The van der Waals surface area contributed by atoms with Crippen LogP contribution in [0.25, 0.3) is 0 Å². The molecule has 0 bridgehead atoms. The molecule has 0 aromatic rings. The lowest BCUT2D eigenvalue weighted by Gasteiger charge is -2.08. The van der Waals surface area contributed by atoms with Gasteiger partial charge in [-0.05, 0) is 6.92 Å². The summed E-state index contributed by atoms with van der Waals surface area (Å²) in [6, 6.07) is 0. The monoisotopic (exact) mass is 149 g/mol. The predicted octanol–water partition coefficient (Wildman–Crippen LogP) is -0.0653. The van der Waals surface area contributed by atoms with Crippen molar-refractivity contribution in [1.29, 1.82) is 0 Å². The zero-order chi connectivity index (χ0) is 8.43. The van der Waals surface area contributed by atoms with Gasteiger partial charge >= 0.3 is 0 Å².